The first-order valence-electron chi connectivity index (χ1n) is 5.12. The molecule has 20 heavy (non-hydrogen) atoms. The van der Waals surface area contributed by atoms with Crippen molar-refractivity contribution in [3.63, 3.8) is 0 Å². The van der Waals surface area contributed by atoms with Gasteiger partial charge in [-0.3, -0.25) is 4.84 Å². The van der Waals surface area contributed by atoms with Crippen molar-refractivity contribution >= 4 is 10.0 Å². The maximum Gasteiger partial charge on any atom is 0.413 e. The molecule has 114 valence electrons. The van der Waals surface area contributed by atoms with E-state index in [1.165, 1.54) is 25.2 Å². The average molecular weight is 315 g/mol. The van der Waals surface area contributed by atoms with Crippen LogP contribution in [0.15, 0.2) is 23.1 Å². The number of benzene rings is 1. The lowest BCUT2D eigenvalue weighted by Gasteiger charge is -2.11. The van der Waals surface area contributed by atoms with Gasteiger partial charge < -0.3 is 9.47 Å². The molecule has 0 saturated carbocycles. The summed E-state index contributed by atoms with van der Waals surface area (Å²) in [4.78, 5) is 4.97. The second-order valence-corrected chi connectivity index (χ2v) is 5.15. The van der Waals surface area contributed by atoms with Crippen LogP contribution in [0, 0.1) is 0 Å². The molecule has 1 aromatic rings. The quantitative estimate of drug-likeness (QED) is 0.805. The first kappa shape index (κ1) is 16.5. The molecule has 0 aliphatic carbocycles. The standard InChI is InChI=1S/C10H12F3NO5S/c1-17-8-4-3-7(5-9(8)18-2)20(15,16)14-19-6-10(11,12)13/h3-5,14H,6H2,1-2H3. The number of methoxy groups -OCH3 is 2. The molecule has 0 unspecified atom stereocenters. The summed E-state index contributed by atoms with van der Waals surface area (Å²) in [5, 5.41) is 0. The Morgan fingerprint density at radius 1 is 1.15 bits per heavy atom. The molecule has 0 spiro atoms. The highest BCUT2D eigenvalue weighted by Crippen LogP contribution is 2.29. The number of hydrogen-bond acceptors (Lipinski definition) is 5. The Labute approximate surface area is 113 Å². The maximum atomic E-state index is 11.9. The summed E-state index contributed by atoms with van der Waals surface area (Å²) < 4.78 is 68.7. The lowest BCUT2D eigenvalue weighted by atomic mass is 10.3. The fourth-order valence-corrected chi connectivity index (χ4v) is 2.04. The van der Waals surface area contributed by atoms with Gasteiger partial charge in [0, 0.05) is 6.07 Å². The van der Waals surface area contributed by atoms with Gasteiger partial charge in [0.1, 0.15) is 0 Å². The Hall–Kier alpha value is -1.52. The number of halogens is 3. The predicted molar refractivity (Wildman–Crippen MR) is 61.9 cm³/mol. The van der Waals surface area contributed by atoms with E-state index in [1.807, 2.05) is 0 Å². The topological polar surface area (TPSA) is 73.9 Å². The highest BCUT2D eigenvalue weighted by molar-refractivity contribution is 7.89. The summed E-state index contributed by atoms with van der Waals surface area (Å²) in [6.45, 7) is -1.74. The summed E-state index contributed by atoms with van der Waals surface area (Å²) in [6.07, 6.45) is -4.64. The van der Waals surface area contributed by atoms with Gasteiger partial charge >= 0.3 is 6.18 Å². The Kier molecular flexibility index (Phi) is 5.20. The molecule has 0 bridgehead atoms. The van der Waals surface area contributed by atoms with Crippen molar-refractivity contribution in [2.24, 2.45) is 0 Å². The van der Waals surface area contributed by atoms with E-state index in [4.69, 9.17) is 9.47 Å². The van der Waals surface area contributed by atoms with Crippen LogP contribution in [0.5, 0.6) is 11.5 Å². The number of alkyl halides is 3. The number of nitrogens with one attached hydrogen (secondary N) is 1. The normalized spacial score (nSPS) is 12.2. The molecule has 0 aliphatic rings. The molecular weight excluding hydrogens is 303 g/mol. The summed E-state index contributed by atoms with van der Waals surface area (Å²) >= 11 is 0. The molecule has 0 saturated heterocycles. The van der Waals surface area contributed by atoms with Crippen molar-refractivity contribution in [3.05, 3.63) is 18.2 Å². The number of hydrogen-bond donors (Lipinski definition) is 1. The smallest absolute Gasteiger partial charge is 0.413 e. The van der Waals surface area contributed by atoms with Gasteiger partial charge in [0.25, 0.3) is 10.0 Å². The molecule has 1 N–H and O–H groups in total. The largest absolute Gasteiger partial charge is 0.493 e. The minimum Gasteiger partial charge on any atom is -0.493 e. The lowest BCUT2D eigenvalue weighted by Crippen LogP contribution is -2.29. The molecule has 0 radical (unpaired) electrons. The average Bonchev–Trinajstić information content (AvgIpc) is 2.36. The van der Waals surface area contributed by atoms with Crippen molar-refractivity contribution < 1.29 is 35.9 Å². The van der Waals surface area contributed by atoms with Crippen molar-refractivity contribution in [1.82, 2.24) is 4.89 Å². The minimum absolute atomic E-state index is 0.117. The molecule has 0 fully saturated rings. The molecule has 1 aromatic carbocycles. The monoisotopic (exact) mass is 315 g/mol. The van der Waals surface area contributed by atoms with Crippen molar-refractivity contribution in [3.8, 4) is 11.5 Å². The summed E-state index contributed by atoms with van der Waals surface area (Å²) in [7, 11) is -1.60. The van der Waals surface area contributed by atoms with Gasteiger partial charge in [-0.05, 0) is 12.1 Å². The van der Waals surface area contributed by atoms with E-state index in [0.717, 1.165) is 12.1 Å². The van der Waals surface area contributed by atoms with E-state index < -0.39 is 22.8 Å². The lowest BCUT2D eigenvalue weighted by molar-refractivity contribution is -0.181. The molecule has 6 nitrogen and oxygen atoms in total. The Bertz CT molecular complexity index is 559. The van der Waals surface area contributed by atoms with Crippen LogP contribution in [0.3, 0.4) is 0 Å². The molecule has 1 rings (SSSR count). The van der Waals surface area contributed by atoms with E-state index >= 15 is 0 Å². The van der Waals surface area contributed by atoms with Crippen LogP contribution in [0.25, 0.3) is 0 Å². The molecule has 0 atom stereocenters. The number of rotatable bonds is 6. The van der Waals surface area contributed by atoms with Crippen molar-refractivity contribution in [1.29, 1.82) is 0 Å². The molecule has 0 heterocycles. The van der Waals surface area contributed by atoms with E-state index in [2.05, 4.69) is 4.84 Å². The number of sulfonamides is 1. The zero-order valence-electron chi connectivity index (χ0n) is 10.5. The van der Waals surface area contributed by atoms with Crippen LogP contribution in [0.1, 0.15) is 0 Å². The van der Waals surface area contributed by atoms with Gasteiger partial charge in [-0.1, -0.05) is 4.89 Å². The zero-order chi connectivity index (χ0) is 15.4. The van der Waals surface area contributed by atoms with Crippen LogP contribution in [-0.2, 0) is 14.9 Å². The Balaban J connectivity index is 2.87. The molecule has 0 aromatic heterocycles. The van der Waals surface area contributed by atoms with Gasteiger partial charge in [0.05, 0.1) is 19.1 Å². The second kappa shape index (κ2) is 6.29. The van der Waals surface area contributed by atoms with Crippen LogP contribution in [0.4, 0.5) is 13.2 Å². The first-order valence-corrected chi connectivity index (χ1v) is 6.60. The highest BCUT2D eigenvalue weighted by atomic mass is 32.2. The molecular formula is C10H12F3NO5S. The van der Waals surface area contributed by atoms with Crippen LogP contribution in [0.2, 0.25) is 0 Å². The maximum absolute atomic E-state index is 11.9. The summed E-state index contributed by atoms with van der Waals surface area (Å²) in [6, 6.07) is 3.54. The third-order valence-corrected chi connectivity index (χ3v) is 3.28. The van der Waals surface area contributed by atoms with Crippen molar-refractivity contribution in [2.75, 3.05) is 20.8 Å². The second-order valence-electron chi connectivity index (χ2n) is 3.51. The fraction of sp³-hybridized carbons (Fsp3) is 0.400. The third-order valence-electron chi connectivity index (χ3n) is 2.07. The predicted octanol–water partition coefficient (Wildman–Crippen LogP) is 1.48. The SMILES string of the molecule is COc1ccc(S(=O)(=O)NOCC(F)(F)F)cc1OC. The summed E-state index contributed by atoms with van der Waals surface area (Å²) in [5.74, 6) is 0.397. The van der Waals surface area contributed by atoms with E-state index in [9.17, 15) is 21.6 Å². The Morgan fingerprint density at radius 3 is 2.25 bits per heavy atom. The van der Waals surface area contributed by atoms with Gasteiger partial charge in [0.2, 0.25) is 0 Å². The fourth-order valence-electron chi connectivity index (χ4n) is 1.22. The van der Waals surface area contributed by atoms with Gasteiger partial charge in [-0.25, -0.2) is 8.42 Å². The number of ether oxygens (including phenoxy) is 2. The van der Waals surface area contributed by atoms with E-state index in [1.54, 1.807) is 0 Å². The molecule has 10 heteroatoms. The third kappa shape index (κ3) is 4.54. The first-order chi connectivity index (χ1) is 9.19. The summed E-state index contributed by atoms with van der Waals surface area (Å²) in [5.41, 5.74) is 0. The molecule has 0 aliphatic heterocycles. The zero-order valence-corrected chi connectivity index (χ0v) is 11.3. The van der Waals surface area contributed by atoms with Crippen molar-refractivity contribution in [2.45, 2.75) is 11.1 Å². The van der Waals surface area contributed by atoms with E-state index in [-0.39, 0.29) is 16.4 Å². The minimum atomic E-state index is -4.64. The Morgan fingerprint density at radius 2 is 1.75 bits per heavy atom. The van der Waals surface area contributed by atoms with Gasteiger partial charge in [0.15, 0.2) is 18.1 Å². The van der Waals surface area contributed by atoms with Gasteiger partial charge in [-0.2, -0.15) is 13.2 Å². The van der Waals surface area contributed by atoms with Gasteiger partial charge in [-0.15, -0.1) is 0 Å². The molecule has 0 amide bonds. The van der Waals surface area contributed by atoms with Crippen LogP contribution < -0.4 is 14.4 Å². The highest BCUT2D eigenvalue weighted by Gasteiger charge is 2.29. The van der Waals surface area contributed by atoms with E-state index in [0.29, 0.717) is 0 Å². The van der Waals surface area contributed by atoms with Crippen LogP contribution >= 0.6 is 0 Å². The van der Waals surface area contributed by atoms with Crippen LogP contribution in [-0.4, -0.2) is 35.4 Å².